The summed E-state index contributed by atoms with van der Waals surface area (Å²) in [4.78, 5) is 3.71. The van der Waals surface area contributed by atoms with Crippen molar-refractivity contribution in [1.29, 1.82) is 0 Å². The summed E-state index contributed by atoms with van der Waals surface area (Å²) in [5.41, 5.74) is 0.702. The molecular formula is C7H9NO3. The molecule has 0 aliphatic carbocycles. The van der Waals surface area contributed by atoms with Gasteiger partial charge in [-0.2, -0.15) is 0 Å². The van der Waals surface area contributed by atoms with Crippen LogP contribution in [0.1, 0.15) is 5.69 Å². The van der Waals surface area contributed by atoms with E-state index in [-0.39, 0.29) is 11.6 Å². The molecule has 1 aromatic rings. The lowest BCUT2D eigenvalue weighted by atomic mass is 10.3. The number of hydrogen-bond acceptors (Lipinski definition) is 4. The van der Waals surface area contributed by atoms with Gasteiger partial charge in [0.2, 0.25) is 0 Å². The average Bonchev–Trinajstić information content (AvgIpc) is 1.95. The lowest BCUT2D eigenvalue weighted by Gasteiger charge is -2.03. The second kappa shape index (κ2) is 3.21. The van der Waals surface area contributed by atoms with Gasteiger partial charge in [-0.05, 0) is 19.1 Å². The highest BCUT2D eigenvalue weighted by Gasteiger charge is 2.01. The van der Waals surface area contributed by atoms with Crippen LogP contribution in [0.2, 0.25) is 0 Å². The molecule has 0 saturated carbocycles. The molecule has 1 heterocycles. The summed E-state index contributed by atoms with van der Waals surface area (Å²) in [5.74, 6) is -0.00264. The fraction of sp³-hybridized carbons (Fsp3) is 0.286. The molecule has 1 aromatic heterocycles. The van der Waals surface area contributed by atoms with Crippen molar-refractivity contribution in [3.8, 4) is 11.6 Å². The van der Waals surface area contributed by atoms with Gasteiger partial charge >= 0.3 is 0 Å². The summed E-state index contributed by atoms with van der Waals surface area (Å²) in [6, 6.07) is 3.23. The van der Waals surface area contributed by atoms with Crippen LogP contribution in [0.15, 0.2) is 12.1 Å². The van der Waals surface area contributed by atoms with Crippen molar-refractivity contribution in [2.24, 2.45) is 0 Å². The van der Waals surface area contributed by atoms with Crippen molar-refractivity contribution in [2.45, 2.75) is 6.92 Å². The van der Waals surface area contributed by atoms with E-state index in [1.165, 1.54) is 0 Å². The molecule has 11 heavy (non-hydrogen) atoms. The average molecular weight is 155 g/mol. The SMILES string of the molecule is Cc1ccc(OCO)c(O)n1. The molecule has 0 aromatic carbocycles. The molecule has 0 spiro atoms. The molecule has 0 fully saturated rings. The minimum atomic E-state index is -0.460. The third-order valence-electron chi connectivity index (χ3n) is 1.20. The fourth-order valence-corrected chi connectivity index (χ4v) is 0.712. The zero-order chi connectivity index (χ0) is 8.27. The van der Waals surface area contributed by atoms with Crippen molar-refractivity contribution in [3.05, 3.63) is 17.8 Å². The first-order chi connectivity index (χ1) is 5.24. The summed E-state index contributed by atoms with van der Waals surface area (Å²) in [7, 11) is 0. The van der Waals surface area contributed by atoms with E-state index in [1.807, 2.05) is 0 Å². The third-order valence-corrected chi connectivity index (χ3v) is 1.20. The Morgan fingerprint density at radius 1 is 1.55 bits per heavy atom. The van der Waals surface area contributed by atoms with E-state index in [0.717, 1.165) is 0 Å². The predicted molar refractivity (Wildman–Crippen MR) is 38.4 cm³/mol. The number of aromatic hydroxyl groups is 1. The molecule has 0 aliphatic rings. The highest BCUT2D eigenvalue weighted by Crippen LogP contribution is 2.22. The maximum atomic E-state index is 9.08. The first-order valence-corrected chi connectivity index (χ1v) is 3.14. The van der Waals surface area contributed by atoms with Crippen LogP contribution < -0.4 is 4.74 Å². The Morgan fingerprint density at radius 3 is 2.82 bits per heavy atom. The minimum absolute atomic E-state index is 0.193. The summed E-state index contributed by atoms with van der Waals surface area (Å²) < 4.78 is 4.63. The largest absolute Gasteiger partial charge is 0.491 e. The van der Waals surface area contributed by atoms with Gasteiger partial charge in [-0.1, -0.05) is 0 Å². The van der Waals surface area contributed by atoms with Crippen molar-refractivity contribution in [3.63, 3.8) is 0 Å². The minimum Gasteiger partial charge on any atom is -0.491 e. The molecule has 1 rings (SSSR count). The first kappa shape index (κ1) is 7.81. The molecule has 0 amide bonds. The second-order valence-corrected chi connectivity index (χ2v) is 2.05. The van der Waals surface area contributed by atoms with E-state index in [4.69, 9.17) is 10.2 Å². The van der Waals surface area contributed by atoms with Crippen LogP contribution in [0.5, 0.6) is 11.6 Å². The second-order valence-electron chi connectivity index (χ2n) is 2.05. The Hall–Kier alpha value is -1.29. The highest BCUT2D eigenvalue weighted by molar-refractivity contribution is 5.32. The van der Waals surface area contributed by atoms with Crippen molar-refractivity contribution in [1.82, 2.24) is 4.98 Å². The molecule has 0 aliphatic heterocycles. The Labute approximate surface area is 64.1 Å². The summed E-state index contributed by atoms with van der Waals surface area (Å²) in [5, 5.41) is 17.4. The van der Waals surface area contributed by atoms with Crippen LogP contribution in [-0.2, 0) is 0 Å². The molecule has 0 radical (unpaired) electrons. The van der Waals surface area contributed by atoms with Crippen LogP contribution in [0, 0.1) is 6.92 Å². The highest BCUT2D eigenvalue weighted by atomic mass is 16.6. The van der Waals surface area contributed by atoms with Crippen molar-refractivity contribution in [2.75, 3.05) is 6.79 Å². The number of aromatic nitrogens is 1. The summed E-state index contributed by atoms with van der Waals surface area (Å²) >= 11 is 0. The molecule has 2 N–H and O–H groups in total. The normalized spacial score (nSPS) is 9.64. The Morgan fingerprint density at radius 2 is 2.27 bits per heavy atom. The van der Waals surface area contributed by atoms with E-state index in [1.54, 1.807) is 19.1 Å². The molecular weight excluding hydrogens is 146 g/mol. The van der Waals surface area contributed by atoms with Gasteiger partial charge in [0, 0.05) is 5.69 Å². The molecule has 0 unspecified atom stereocenters. The maximum absolute atomic E-state index is 9.08. The fourth-order valence-electron chi connectivity index (χ4n) is 0.712. The monoisotopic (exact) mass is 155 g/mol. The van der Waals surface area contributed by atoms with Crippen LogP contribution in [0.3, 0.4) is 0 Å². The van der Waals surface area contributed by atoms with Crippen molar-refractivity contribution < 1.29 is 14.9 Å². The third kappa shape index (κ3) is 1.81. The first-order valence-electron chi connectivity index (χ1n) is 3.14. The smallest absolute Gasteiger partial charge is 0.254 e. The number of rotatable bonds is 2. The summed E-state index contributed by atoms with van der Waals surface area (Å²) in [6.07, 6.45) is 0. The number of aliphatic hydroxyl groups is 1. The standard InChI is InChI=1S/C7H9NO3/c1-5-2-3-6(11-4-9)7(10)8-5/h2-3,9H,4H2,1H3,(H,8,10). The Balaban J connectivity index is 2.90. The molecule has 0 atom stereocenters. The molecule has 60 valence electrons. The van der Waals surface area contributed by atoms with Gasteiger partial charge in [0.25, 0.3) is 5.88 Å². The van der Waals surface area contributed by atoms with Gasteiger partial charge in [0.1, 0.15) is 0 Å². The maximum Gasteiger partial charge on any atom is 0.254 e. The number of ether oxygens (including phenoxy) is 1. The topological polar surface area (TPSA) is 62.6 Å². The quantitative estimate of drug-likeness (QED) is 0.608. The number of aryl methyl sites for hydroxylation is 1. The number of aliphatic hydroxyl groups excluding tert-OH is 1. The van der Waals surface area contributed by atoms with E-state index in [2.05, 4.69) is 9.72 Å². The van der Waals surface area contributed by atoms with Gasteiger partial charge in [-0.15, -0.1) is 0 Å². The Bertz CT molecular complexity index is 249. The predicted octanol–water partition coefficient (Wildman–Crippen LogP) is 0.424. The molecule has 0 bridgehead atoms. The van der Waals surface area contributed by atoms with Gasteiger partial charge < -0.3 is 14.9 Å². The van der Waals surface area contributed by atoms with Crippen molar-refractivity contribution >= 4 is 0 Å². The van der Waals surface area contributed by atoms with E-state index >= 15 is 0 Å². The Kier molecular flexibility index (Phi) is 2.28. The molecule has 4 heteroatoms. The van der Waals surface area contributed by atoms with Gasteiger partial charge in [0.05, 0.1) is 0 Å². The van der Waals surface area contributed by atoms with E-state index in [0.29, 0.717) is 5.69 Å². The van der Waals surface area contributed by atoms with E-state index in [9.17, 15) is 0 Å². The lowest BCUT2D eigenvalue weighted by molar-refractivity contribution is 0.0947. The number of hydrogen-bond donors (Lipinski definition) is 2. The van der Waals surface area contributed by atoms with Crippen LogP contribution in [0.4, 0.5) is 0 Å². The molecule has 4 nitrogen and oxygen atoms in total. The van der Waals surface area contributed by atoms with Gasteiger partial charge in [-0.3, -0.25) is 0 Å². The van der Waals surface area contributed by atoms with Crippen LogP contribution in [-0.4, -0.2) is 22.0 Å². The van der Waals surface area contributed by atoms with Crippen LogP contribution in [0.25, 0.3) is 0 Å². The van der Waals surface area contributed by atoms with Gasteiger partial charge in [0.15, 0.2) is 12.5 Å². The number of nitrogens with zero attached hydrogens (tertiary/aromatic N) is 1. The summed E-state index contributed by atoms with van der Waals surface area (Å²) in [6.45, 7) is 1.29. The van der Waals surface area contributed by atoms with Crippen LogP contribution >= 0.6 is 0 Å². The number of pyridine rings is 1. The zero-order valence-electron chi connectivity index (χ0n) is 6.11. The lowest BCUT2D eigenvalue weighted by Crippen LogP contribution is -1.96. The zero-order valence-corrected chi connectivity index (χ0v) is 6.11. The van der Waals surface area contributed by atoms with E-state index < -0.39 is 6.79 Å². The molecule has 0 saturated heterocycles. The van der Waals surface area contributed by atoms with Gasteiger partial charge in [-0.25, -0.2) is 4.98 Å².